The molecule has 2 heterocycles. The zero-order chi connectivity index (χ0) is 26.1. The summed E-state index contributed by atoms with van der Waals surface area (Å²) in [6, 6.07) is 16.6. The van der Waals surface area contributed by atoms with Crippen LogP contribution in [0.2, 0.25) is 0 Å². The molecule has 7 nitrogen and oxygen atoms in total. The molecule has 0 bridgehead atoms. The Morgan fingerprint density at radius 3 is 2.65 bits per heavy atom. The van der Waals surface area contributed by atoms with Gasteiger partial charge in [0.05, 0.1) is 24.1 Å². The molecular formula is C29H25FN4O3. The fourth-order valence-corrected chi connectivity index (χ4v) is 4.51. The Hall–Kier alpha value is -4.59. The van der Waals surface area contributed by atoms with Crippen molar-refractivity contribution in [2.45, 2.75) is 20.3 Å². The van der Waals surface area contributed by atoms with Crippen LogP contribution in [-0.2, 0) is 6.42 Å². The number of nitrogens with one attached hydrogen (secondary N) is 1. The Morgan fingerprint density at radius 2 is 1.84 bits per heavy atom. The van der Waals surface area contributed by atoms with Crippen LogP contribution in [0.15, 0.2) is 66.9 Å². The summed E-state index contributed by atoms with van der Waals surface area (Å²) in [4.78, 5) is 37.3. The van der Waals surface area contributed by atoms with Crippen LogP contribution in [0.25, 0.3) is 11.3 Å². The van der Waals surface area contributed by atoms with Crippen molar-refractivity contribution in [2.75, 3.05) is 23.9 Å². The van der Waals surface area contributed by atoms with Crippen molar-refractivity contribution in [3.05, 3.63) is 101 Å². The highest BCUT2D eigenvalue weighted by Crippen LogP contribution is 2.36. The van der Waals surface area contributed by atoms with Crippen molar-refractivity contribution >= 4 is 23.2 Å². The average molecular weight is 497 g/mol. The van der Waals surface area contributed by atoms with Crippen molar-refractivity contribution in [1.29, 1.82) is 0 Å². The van der Waals surface area contributed by atoms with Crippen molar-refractivity contribution in [1.82, 2.24) is 9.97 Å². The Balaban J connectivity index is 1.46. The van der Waals surface area contributed by atoms with Crippen LogP contribution in [0.4, 0.5) is 15.8 Å². The number of hydrogen-bond acceptors (Lipinski definition) is 5. The van der Waals surface area contributed by atoms with Crippen molar-refractivity contribution in [3.8, 4) is 17.0 Å². The summed E-state index contributed by atoms with van der Waals surface area (Å²) in [5.41, 5.74) is 5.09. The van der Waals surface area contributed by atoms with E-state index >= 15 is 0 Å². The lowest BCUT2D eigenvalue weighted by atomic mass is 10.0. The van der Waals surface area contributed by atoms with Gasteiger partial charge in [0.15, 0.2) is 0 Å². The first-order chi connectivity index (χ1) is 17.9. The number of ether oxygens (including phenoxy) is 1. The minimum Gasteiger partial charge on any atom is -0.496 e. The van der Waals surface area contributed by atoms with E-state index in [9.17, 15) is 14.0 Å². The van der Waals surface area contributed by atoms with Gasteiger partial charge in [-0.3, -0.25) is 9.59 Å². The third-order valence-electron chi connectivity index (χ3n) is 6.42. The number of rotatable bonds is 4. The van der Waals surface area contributed by atoms with Gasteiger partial charge in [-0.2, -0.15) is 0 Å². The molecule has 3 aromatic carbocycles. The summed E-state index contributed by atoms with van der Waals surface area (Å²) in [6.07, 6.45) is 2.42. The fraction of sp³-hybridized carbons (Fsp3) is 0.172. The van der Waals surface area contributed by atoms with Crippen LogP contribution >= 0.6 is 0 Å². The molecule has 0 unspecified atom stereocenters. The van der Waals surface area contributed by atoms with Crippen LogP contribution in [0, 0.1) is 19.7 Å². The minimum absolute atomic E-state index is 0.234. The van der Waals surface area contributed by atoms with Gasteiger partial charge in [0.1, 0.15) is 17.4 Å². The number of fused-ring (bicyclic) bond motifs is 3. The van der Waals surface area contributed by atoms with E-state index in [1.54, 1.807) is 36.1 Å². The second kappa shape index (κ2) is 9.81. The van der Waals surface area contributed by atoms with Crippen LogP contribution in [0.3, 0.4) is 0 Å². The van der Waals surface area contributed by atoms with E-state index in [0.29, 0.717) is 41.4 Å². The number of anilines is 2. The number of carbonyl (C=O) groups excluding carboxylic acids is 2. The molecule has 1 aromatic heterocycles. The Morgan fingerprint density at radius 1 is 1.03 bits per heavy atom. The summed E-state index contributed by atoms with van der Waals surface area (Å²) < 4.78 is 19.2. The molecule has 0 aliphatic carbocycles. The van der Waals surface area contributed by atoms with Crippen molar-refractivity contribution in [2.24, 2.45) is 0 Å². The summed E-state index contributed by atoms with van der Waals surface area (Å²) in [5.74, 6) is -0.195. The molecule has 1 N–H and O–H groups in total. The first-order valence-electron chi connectivity index (χ1n) is 11.8. The fourth-order valence-electron chi connectivity index (χ4n) is 4.51. The van der Waals surface area contributed by atoms with E-state index in [0.717, 1.165) is 22.5 Å². The first kappa shape index (κ1) is 24.1. The second-order valence-corrected chi connectivity index (χ2v) is 8.84. The normalized spacial score (nSPS) is 12.3. The largest absolute Gasteiger partial charge is 0.496 e. The monoisotopic (exact) mass is 496 g/mol. The number of amides is 2. The summed E-state index contributed by atoms with van der Waals surface area (Å²) in [6.45, 7) is 4.02. The molecule has 1 aliphatic heterocycles. The number of carbonyl (C=O) groups is 2. The topological polar surface area (TPSA) is 84.4 Å². The molecule has 5 rings (SSSR count). The van der Waals surface area contributed by atoms with Gasteiger partial charge < -0.3 is 15.0 Å². The molecule has 0 fully saturated rings. The maximum Gasteiger partial charge on any atom is 0.262 e. The quantitative estimate of drug-likeness (QED) is 0.411. The number of methoxy groups -OCH3 is 1. The van der Waals surface area contributed by atoms with E-state index in [4.69, 9.17) is 4.74 Å². The molecular weight excluding hydrogens is 471 g/mol. The van der Waals surface area contributed by atoms with Crippen molar-refractivity contribution in [3.63, 3.8) is 0 Å². The lowest BCUT2D eigenvalue weighted by Crippen LogP contribution is -2.32. The van der Waals surface area contributed by atoms with E-state index in [2.05, 4.69) is 15.3 Å². The summed E-state index contributed by atoms with van der Waals surface area (Å²) in [7, 11) is 1.47. The molecule has 8 heteroatoms. The van der Waals surface area contributed by atoms with Gasteiger partial charge in [0, 0.05) is 35.6 Å². The highest BCUT2D eigenvalue weighted by atomic mass is 19.1. The van der Waals surface area contributed by atoms with Crippen LogP contribution < -0.4 is 15.0 Å². The Bertz CT molecular complexity index is 1540. The van der Waals surface area contributed by atoms with E-state index < -0.39 is 11.7 Å². The lowest BCUT2D eigenvalue weighted by Gasteiger charge is -2.24. The first-order valence-corrected chi connectivity index (χ1v) is 11.8. The van der Waals surface area contributed by atoms with Gasteiger partial charge in [-0.15, -0.1) is 0 Å². The minimum atomic E-state index is -0.490. The predicted octanol–water partition coefficient (Wildman–Crippen LogP) is 5.36. The number of aromatic nitrogens is 2. The highest BCUT2D eigenvalue weighted by Gasteiger charge is 2.28. The maximum atomic E-state index is 13.8. The van der Waals surface area contributed by atoms with Crippen LogP contribution in [-0.4, -0.2) is 35.4 Å². The third-order valence-corrected chi connectivity index (χ3v) is 6.42. The number of hydrogen-bond donors (Lipinski definition) is 1. The Labute approximate surface area is 214 Å². The SMILES string of the molecule is COc1cc(NC(=O)c2cc(F)ccc2C)ccc1C(=O)N1CCc2cnc(C)nc2-c2ccccc21. The van der Waals surface area contributed by atoms with Gasteiger partial charge in [-0.05, 0) is 61.7 Å². The predicted molar refractivity (Wildman–Crippen MR) is 140 cm³/mol. The van der Waals surface area contributed by atoms with E-state index in [1.165, 1.54) is 19.2 Å². The van der Waals surface area contributed by atoms with Gasteiger partial charge in [-0.1, -0.05) is 24.3 Å². The second-order valence-electron chi connectivity index (χ2n) is 8.84. The number of aryl methyl sites for hydroxylation is 2. The van der Waals surface area contributed by atoms with Gasteiger partial charge >= 0.3 is 0 Å². The number of halogens is 1. The lowest BCUT2D eigenvalue weighted by molar-refractivity contribution is 0.0983. The summed E-state index contributed by atoms with van der Waals surface area (Å²) in [5, 5.41) is 2.76. The van der Waals surface area contributed by atoms with Crippen molar-refractivity contribution < 1.29 is 18.7 Å². The molecule has 4 aromatic rings. The third kappa shape index (κ3) is 4.65. The highest BCUT2D eigenvalue weighted by molar-refractivity contribution is 6.11. The average Bonchev–Trinajstić information content (AvgIpc) is 3.06. The smallest absolute Gasteiger partial charge is 0.262 e. The number of para-hydroxylation sites is 1. The molecule has 186 valence electrons. The van der Waals surface area contributed by atoms with E-state index in [1.807, 2.05) is 37.4 Å². The molecule has 0 spiro atoms. The van der Waals surface area contributed by atoms with Gasteiger partial charge in [0.2, 0.25) is 0 Å². The zero-order valence-electron chi connectivity index (χ0n) is 20.7. The number of nitrogens with zero attached hydrogens (tertiary/aromatic N) is 3. The molecule has 2 amide bonds. The van der Waals surface area contributed by atoms with Gasteiger partial charge in [0.25, 0.3) is 11.8 Å². The molecule has 0 saturated heterocycles. The number of benzene rings is 3. The maximum absolute atomic E-state index is 13.8. The Kier molecular flexibility index (Phi) is 6.40. The van der Waals surface area contributed by atoms with Crippen LogP contribution in [0.1, 0.15) is 37.7 Å². The molecule has 37 heavy (non-hydrogen) atoms. The molecule has 0 atom stereocenters. The molecule has 0 saturated carbocycles. The van der Waals surface area contributed by atoms with Crippen LogP contribution in [0.5, 0.6) is 5.75 Å². The van der Waals surface area contributed by atoms with E-state index in [-0.39, 0.29) is 11.5 Å². The molecule has 0 radical (unpaired) electrons. The molecule has 1 aliphatic rings. The van der Waals surface area contributed by atoms with Gasteiger partial charge in [-0.25, -0.2) is 14.4 Å². The standard InChI is InChI=1S/C29H25FN4O3/c1-17-8-9-20(30)14-24(17)28(35)33-21-10-11-23(26(15-21)37-3)29(36)34-13-12-19-16-31-18(2)32-27(19)22-6-4-5-7-25(22)34/h4-11,14-16H,12-13H2,1-3H3,(H,33,35). The zero-order valence-corrected chi connectivity index (χ0v) is 20.7. The summed E-state index contributed by atoms with van der Waals surface area (Å²) >= 11 is 0.